The molecule has 0 saturated heterocycles. The number of aromatic nitrogens is 2. The Morgan fingerprint density at radius 3 is 2.55 bits per heavy atom. The molecule has 100 valence electrons. The van der Waals surface area contributed by atoms with Crippen molar-refractivity contribution < 1.29 is 4.52 Å². The van der Waals surface area contributed by atoms with Crippen LogP contribution in [0.2, 0.25) is 0 Å². The van der Waals surface area contributed by atoms with E-state index in [-0.39, 0.29) is 0 Å². The van der Waals surface area contributed by atoms with E-state index in [0.717, 1.165) is 16.7 Å². The van der Waals surface area contributed by atoms with Crippen molar-refractivity contribution in [1.82, 2.24) is 10.1 Å². The van der Waals surface area contributed by atoms with Crippen molar-refractivity contribution >= 4 is 0 Å². The van der Waals surface area contributed by atoms with Gasteiger partial charge in [0.25, 0.3) is 5.89 Å². The maximum Gasteiger partial charge on any atom is 0.257 e. The third-order valence-corrected chi connectivity index (χ3v) is 3.08. The molecule has 4 nitrogen and oxygen atoms in total. The Hall–Kier alpha value is -2.46. The SMILES string of the molecule is NCc1cccc(-c2nc(Cc3ccccc3)no2)c1. The smallest absolute Gasteiger partial charge is 0.257 e. The van der Waals surface area contributed by atoms with Gasteiger partial charge in [-0.15, -0.1) is 0 Å². The van der Waals surface area contributed by atoms with Gasteiger partial charge in [0.2, 0.25) is 0 Å². The lowest BCUT2D eigenvalue weighted by atomic mass is 10.1. The van der Waals surface area contributed by atoms with E-state index >= 15 is 0 Å². The number of benzene rings is 2. The molecular weight excluding hydrogens is 250 g/mol. The molecule has 3 rings (SSSR count). The molecule has 1 aromatic heterocycles. The average Bonchev–Trinajstić information content (AvgIpc) is 2.97. The molecule has 0 fully saturated rings. The lowest BCUT2D eigenvalue weighted by molar-refractivity contribution is 0.424. The molecule has 0 unspecified atom stereocenters. The normalized spacial score (nSPS) is 10.7. The van der Waals surface area contributed by atoms with Crippen LogP contribution in [-0.4, -0.2) is 10.1 Å². The largest absolute Gasteiger partial charge is 0.334 e. The van der Waals surface area contributed by atoms with Crippen LogP contribution in [0, 0.1) is 0 Å². The van der Waals surface area contributed by atoms with Crippen molar-refractivity contribution in [3.8, 4) is 11.5 Å². The molecule has 0 atom stereocenters. The first kappa shape index (κ1) is 12.6. The summed E-state index contributed by atoms with van der Waals surface area (Å²) in [6, 6.07) is 17.9. The number of nitrogens with zero attached hydrogens (tertiary/aromatic N) is 2. The molecular formula is C16H15N3O. The van der Waals surface area contributed by atoms with Gasteiger partial charge in [0, 0.05) is 18.5 Å². The van der Waals surface area contributed by atoms with Gasteiger partial charge in [0.05, 0.1) is 0 Å². The van der Waals surface area contributed by atoms with Gasteiger partial charge in [-0.1, -0.05) is 47.6 Å². The van der Waals surface area contributed by atoms with Gasteiger partial charge >= 0.3 is 0 Å². The molecule has 3 aromatic rings. The summed E-state index contributed by atoms with van der Waals surface area (Å²) in [5, 5.41) is 4.03. The van der Waals surface area contributed by atoms with Crippen molar-refractivity contribution in [2.45, 2.75) is 13.0 Å². The number of rotatable bonds is 4. The monoisotopic (exact) mass is 265 g/mol. The van der Waals surface area contributed by atoms with Gasteiger partial charge < -0.3 is 10.3 Å². The summed E-state index contributed by atoms with van der Waals surface area (Å²) in [5.41, 5.74) is 8.75. The van der Waals surface area contributed by atoms with E-state index in [4.69, 9.17) is 10.3 Å². The van der Waals surface area contributed by atoms with E-state index in [0.29, 0.717) is 24.7 Å². The zero-order valence-electron chi connectivity index (χ0n) is 11.0. The zero-order valence-corrected chi connectivity index (χ0v) is 11.0. The molecule has 1 heterocycles. The molecule has 0 saturated carbocycles. The molecule has 0 aliphatic carbocycles. The van der Waals surface area contributed by atoms with Crippen LogP contribution in [0.3, 0.4) is 0 Å². The van der Waals surface area contributed by atoms with Gasteiger partial charge in [0.1, 0.15) is 0 Å². The highest BCUT2D eigenvalue weighted by molar-refractivity contribution is 5.54. The second-order valence-corrected chi connectivity index (χ2v) is 4.58. The van der Waals surface area contributed by atoms with Crippen molar-refractivity contribution in [3.05, 3.63) is 71.5 Å². The molecule has 20 heavy (non-hydrogen) atoms. The number of nitrogens with two attached hydrogens (primary N) is 1. The van der Waals surface area contributed by atoms with Crippen molar-refractivity contribution in [2.24, 2.45) is 5.73 Å². The van der Waals surface area contributed by atoms with Gasteiger partial charge in [-0.25, -0.2) is 0 Å². The fourth-order valence-corrected chi connectivity index (χ4v) is 2.05. The molecule has 4 heteroatoms. The second kappa shape index (κ2) is 5.67. The first-order chi connectivity index (χ1) is 9.85. The fourth-order valence-electron chi connectivity index (χ4n) is 2.05. The molecule has 2 N–H and O–H groups in total. The first-order valence-corrected chi connectivity index (χ1v) is 6.51. The van der Waals surface area contributed by atoms with E-state index < -0.39 is 0 Å². The van der Waals surface area contributed by atoms with Crippen molar-refractivity contribution in [2.75, 3.05) is 0 Å². The highest BCUT2D eigenvalue weighted by Crippen LogP contribution is 2.19. The molecule has 0 amide bonds. The third kappa shape index (κ3) is 2.75. The Kier molecular flexibility index (Phi) is 3.56. The van der Waals surface area contributed by atoms with Gasteiger partial charge in [0.15, 0.2) is 5.82 Å². The van der Waals surface area contributed by atoms with Crippen LogP contribution >= 0.6 is 0 Å². The molecule has 0 spiro atoms. The van der Waals surface area contributed by atoms with Crippen LogP contribution in [0.4, 0.5) is 0 Å². The molecule has 0 radical (unpaired) electrons. The Morgan fingerprint density at radius 2 is 1.75 bits per heavy atom. The van der Waals surface area contributed by atoms with Crippen molar-refractivity contribution in [3.63, 3.8) is 0 Å². The standard InChI is InChI=1S/C16H15N3O/c17-11-13-7-4-8-14(9-13)16-18-15(19-20-16)10-12-5-2-1-3-6-12/h1-9H,10-11,17H2. The summed E-state index contributed by atoms with van der Waals surface area (Å²) in [4.78, 5) is 4.43. The quantitative estimate of drug-likeness (QED) is 0.787. The van der Waals surface area contributed by atoms with E-state index in [1.54, 1.807) is 0 Å². The second-order valence-electron chi connectivity index (χ2n) is 4.58. The summed E-state index contributed by atoms with van der Waals surface area (Å²) < 4.78 is 5.32. The lowest BCUT2D eigenvalue weighted by Crippen LogP contribution is -1.95. The van der Waals surface area contributed by atoms with E-state index in [1.165, 1.54) is 0 Å². The van der Waals surface area contributed by atoms with Gasteiger partial charge in [-0.05, 0) is 23.3 Å². The van der Waals surface area contributed by atoms with Crippen LogP contribution in [0.5, 0.6) is 0 Å². The fraction of sp³-hybridized carbons (Fsp3) is 0.125. The highest BCUT2D eigenvalue weighted by Gasteiger charge is 2.09. The maximum atomic E-state index is 5.64. The molecule has 0 bridgehead atoms. The average molecular weight is 265 g/mol. The van der Waals surface area contributed by atoms with Gasteiger partial charge in [-0.2, -0.15) is 4.98 Å². The Morgan fingerprint density at radius 1 is 0.950 bits per heavy atom. The predicted molar refractivity (Wildman–Crippen MR) is 76.9 cm³/mol. The van der Waals surface area contributed by atoms with E-state index in [2.05, 4.69) is 10.1 Å². The minimum absolute atomic E-state index is 0.499. The third-order valence-electron chi connectivity index (χ3n) is 3.08. The Bertz CT molecular complexity index is 692. The highest BCUT2D eigenvalue weighted by atomic mass is 16.5. The Balaban J connectivity index is 1.83. The lowest BCUT2D eigenvalue weighted by Gasteiger charge is -1.98. The van der Waals surface area contributed by atoms with Crippen molar-refractivity contribution in [1.29, 1.82) is 0 Å². The summed E-state index contributed by atoms with van der Waals surface area (Å²) in [6.45, 7) is 0.499. The van der Waals surface area contributed by atoms with Gasteiger partial charge in [-0.3, -0.25) is 0 Å². The van der Waals surface area contributed by atoms with E-state index in [1.807, 2.05) is 54.6 Å². The number of hydrogen-bond acceptors (Lipinski definition) is 4. The maximum absolute atomic E-state index is 5.64. The van der Waals surface area contributed by atoms with Crippen LogP contribution in [-0.2, 0) is 13.0 Å². The molecule has 0 aliphatic heterocycles. The zero-order chi connectivity index (χ0) is 13.8. The van der Waals surface area contributed by atoms with Crippen LogP contribution < -0.4 is 5.73 Å². The minimum Gasteiger partial charge on any atom is -0.334 e. The van der Waals surface area contributed by atoms with E-state index in [9.17, 15) is 0 Å². The summed E-state index contributed by atoms with van der Waals surface area (Å²) >= 11 is 0. The minimum atomic E-state index is 0.499. The predicted octanol–water partition coefficient (Wildman–Crippen LogP) is 2.79. The molecule has 0 aliphatic rings. The van der Waals surface area contributed by atoms with Crippen LogP contribution in [0.15, 0.2) is 59.1 Å². The first-order valence-electron chi connectivity index (χ1n) is 6.51. The molecule has 2 aromatic carbocycles. The summed E-state index contributed by atoms with van der Waals surface area (Å²) in [6.07, 6.45) is 0.668. The Labute approximate surface area is 117 Å². The topological polar surface area (TPSA) is 64.9 Å². The summed E-state index contributed by atoms with van der Waals surface area (Å²) in [7, 11) is 0. The van der Waals surface area contributed by atoms with Crippen LogP contribution in [0.25, 0.3) is 11.5 Å². The summed E-state index contributed by atoms with van der Waals surface area (Å²) in [5.74, 6) is 1.22. The van der Waals surface area contributed by atoms with Crippen LogP contribution in [0.1, 0.15) is 17.0 Å². The number of hydrogen-bond donors (Lipinski definition) is 1.